The third-order valence-electron chi connectivity index (χ3n) is 4.73. The van der Waals surface area contributed by atoms with Gasteiger partial charge in [0.15, 0.2) is 0 Å². The molecule has 0 saturated carbocycles. The van der Waals surface area contributed by atoms with Gasteiger partial charge < -0.3 is 10.3 Å². The molecule has 4 rings (SSSR count). The van der Waals surface area contributed by atoms with Gasteiger partial charge in [0.05, 0.1) is 4.90 Å². The Morgan fingerprint density at radius 1 is 1.10 bits per heavy atom. The molecule has 0 saturated heterocycles. The Balaban J connectivity index is 1.48. The SMILES string of the molecule is Cc1ccc(F)c(S(=O)(=O)c2ccc(CNC(=O)c3cc4cnccc4[nH]3)cc2)c1. The van der Waals surface area contributed by atoms with Crippen LogP contribution in [0, 0.1) is 12.7 Å². The molecule has 6 nitrogen and oxygen atoms in total. The Morgan fingerprint density at radius 2 is 1.87 bits per heavy atom. The first kappa shape index (κ1) is 19.8. The number of nitrogens with one attached hydrogen (secondary N) is 2. The highest BCUT2D eigenvalue weighted by Crippen LogP contribution is 2.24. The smallest absolute Gasteiger partial charge is 0.267 e. The van der Waals surface area contributed by atoms with Crippen LogP contribution in [0.5, 0.6) is 0 Å². The zero-order valence-corrected chi connectivity index (χ0v) is 16.8. The van der Waals surface area contributed by atoms with E-state index in [1.54, 1.807) is 43.6 Å². The maximum absolute atomic E-state index is 14.0. The summed E-state index contributed by atoms with van der Waals surface area (Å²) in [5.74, 6) is -1.07. The number of H-pyrrole nitrogens is 1. The zero-order valence-electron chi connectivity index (χ0n) is 16.0. The number of amides is 1. The van der Waals surface area contributed by atoms with E-state index in [9.17, 15) is 17.6 Å². The largest absolute Gasteiger partial charge is 0.350 e. The Morgan fingerprint density at radius 3 is 2.60 bits per heavy atom. The molecule has 8 heteroatoms. The molecule has 2 aromatic carbocycles. The van der Waals surface area contributed by atoms with Crippen LogP contribution in [-0.4, -0.2) is 24.3 Å². The van der Waals surface area contributed by atoms with E-state index in [2.05, 4.69) is 15.3 Å². The van der Waals surface area contributed by atoms with Crippen LogP contribution >= 0.6 is 0 Å². The monoisotopic (exact) mass is 423 g/mol. The molecular formula is C22H18FN3O3S. The second-order valence-corrected chi connectivity index (χ2v) is 8.83. The van der Waals surface area contributed by atoms with Gasteiger partial charge in [0.25, 0.3) is 5.91 Å². The predicted octanol–water partition coefficient (Wildman–Crippen LogP) is 3.77. The van der Waals surface area contributed by atoms with Crippen molar-refractivity contribution in [1.82, 2.24) is 15.3 Å². The van der Waals surface area contributed by atoms with E-state index < -0.39 is 15.7 Å². The summed E-state index contributed by atoms with van der Waals surface area (Å²) in [6.45, 7) is 1.92. The molecule has 0 radical (unpaired) electrons. The number of carbonyl (C=O) groups is 1. The van der Waals surface area contributed by atoms with Crippen LogP contribution in [0.2, 0.25) is 0 Å². The van der Waals surface area contributed by atoms with Gasteiger partial charge in [-0.15, -0.1) is 0 Å². The third kappa shape index (κ3) is 3.81. The molecule has 2 aromatic heterocycles. The number of aryl methyl sites for hydroxylation is 1. The highest BCUT2D eigenvalue weighted by Gasteiger charge is 2.22. The normalized spacial score (nSPS) is 11.5. The summed E-state index contributed by atoms with van der Waals surface area (Å²) in [6, 6.07) is 13.5. The van der Waals surface area contributed by atoms with Gasteiger partial charge in [-0.1, -0.05) is 18.2 Å². The number of sulfone groups is 1. The first-order valence-electron chi connectivity index (χ1n) is 9.16. The number of nitrogens with zero attached hydrogens (tertiary/aromatic N) is 1. The van der Waals surface area contributed by atoms with Crippen molar-refractivity contribution in [1.29, 1.82) is 0 Å². The maximum Gasteiger partial charge on any atom is 0.267 e. The van der Waals surface area contributed by atoms with E-state index in [-0.39, 0.29) is 22.2 Å². The minimum absolute atomic E-state index is 0.00908. The fourth-order valence-corrected chi connectivity index (χ4v) is 4.52. The Bertz CT molecular complexity index is 1310. The van der Waals surface area contributed by atoms with E-state index >= 15 is 0 Å². The fraction of sp³-hybridized carbons (Fsp3) is 0.0909. The highest BCUT2D eigenvalue weighted by molar-refractivity contribution is 7.91. The quantitative estimate of drug-likeness (QED) is 0.511. The van der Waals surface area contributed by atoms with E-state index in [1.165, 1.54) is 24.3 Å². The molecule has 0 fully saturated rings. The molecule has 0 atom stereocenters. The molecular weight excluding hydrogens is 405 g/mol. The number of hydrogen-bond donors (Lipinski definition) is 2. The third-order valence-corrected chi connectivity index (χ3v) is 6.51. The summed E-state index contributed by atoms with van der Waals surface area (Å²) < 4.78 is 39.5. The molecule has 4 aromatic rings. The molecule has 0 aliphatic rings. The van der Waals surface area contributed by atoms with Crippen LogP contribution < -0.4 is 5.32 Å². The fourth-order valence-electron chi connectivity index (χ4n) is 3.10. The first-order valence-corrected chi connectivity index (χ1v) is 10.6. The number of pyridine rings is 1. The van der Waals surface area contributed by atoms with E-state index in [4.69, 9.17) is 0 Å². The van der Waals surface area contributed by atoms with Gasteiger partial charge in [-0.05, 0) is 54.4 Å². The van der Waals surface area contributed by atoms with E-state index in [1.807, 2.05) is 0 Å². The van der Waals surface area contributed by atoms with Crippen molar-refractivity contribution < 1.29 is 17.6 Å². The molecule has 0 aliphatic carbocycles. The average Bonchev–Trinajstić information content (AvgIpc) is 3.18. The van der Waals surface area contributed by atoms with Crippen molar-refractivity contribution in [3.8, 4) is 0 Å². The van der Waals surface area contributed by atoms with Crippen molar-refractivity contribution in [2.24, 2.45) is 0 Å². The molecule has 0 aliphatic heterocycles. The van der Waals surface area contributed by atoms with E-state index in [0.717, 1.165) is 17.0 Å². The minimum atomic E-state index is -3.97. The number of halogens is 1. The minimum Gasteiger partial charge on any atom is -0.350 e. The van der Waals surface area contributed by atoms with Crippen LogP contribution in [0.4, 0.5) is 4.39 Å². The summed E-state index contributed by atoms with van der Waals surface area (Å²) >= 11 is 0. The van der Waals surface area contributed by atoms with Crippen molar-refractivity contribution in [2.45, 2.75) is 23.3 Å². The number of aromatic amines is 1. The summed E-state index contributed by atoms with van der Waals surface area (Å²) in [6.07, 6.45) is 3.30. The number of hydrogen-bond acceptors (Lipinski definition) is 4. The van der Waals surface area contributed by atoms with Gasteiger partial charge in [0, 0.05) is 29.8 Å². The van der Waals surface area contributed by atoms with E-state index in [0.29, 0.717) is 16.8 Å². The number of fused-ring (bicyclic) bond motifs is 1. The van der Waals surface area contributed by atoms with Crippen molar-refractivity contribution in [3.05, 3.63) is 89.6 Å². The Hall–Kier alpha value is -3.52. The molecule has 2 heterocycles. The lowest BCUT2D eigenvalue weighted by Gasteiger charge is -2.09. The summed E-state index contributed by atoms with van der Waals surface area (Å²) in [7, 11) is -3.97. The molecule has 2 N–H and O–H groups in total. The van der Waals surface area contributed by atoms with Gasteiger partial charge in [-0.3, -0.25) is 9.78 Å². The molecule has 30 heavy (non-hydrogen) atoms. The maximum atomic E-state index is 14.0. The van der Waals surface area contributed by atoms with Crippen molar-refractivity contribution in [3.63, 3.8) is 0 Å². The Kier molecular flexibility index (Phi) is 5.09. The molecule has 0 unspecified atom stereocenters. The zero-order chi connectivity index (χ0) is 21.3. The summed E-state index contributed by atoms with van der Waals surface area (Å²) in [5, 5.41) is 3.62. The Labute approximate surface area is 172 Å². The van der Waals surface area contributed by atoms with Gasteiger partial charge in [0.1, 0.15) is 16.4 Å². The van der Waals surface area contributed by atoms with Crippen LogP contribution in [0.3, 0.4) is 0 Å². The lowest BCUT2D eigenvalue weighted by Crippen LogP contribution is -2.23. The predicted molar refractivity (Wildman–Crippen MR) is 110 cm³/mol. The van der Waals surface area contributed by atoms with Gasteiger partial charge in [-0.2, -0.15) is 0 Å². The molecule has 0 spiro atoms. The van der Waals surface area contributed by atoms with Crippen LogP contribution in [0.25, 0.3) is 10.9 Å². The lowest BCUT2D eigenvalue weighted by molar-refractivity contribution is 0.0946. The molecule has 1 amide bonds. The lowest BCUT2D eigenvalue weighted by atomic mass is 10.2. The second-order valence-electron chi connectivity index (χ2n) is 6.91. The number of benzene rings is 2. The van der Waals surface area contributed by atoms with Crippen LogP contribution in [0.1, 0.15) is 21.6 Å². The molecule has 0 bridgehead atoms. The topological polar surface area (TPSA) is 91.9 Å². The van der Waals surface area contributed by atoms with Gasteiger partial charge in [-0.25, -0.2) is 12.8 Å². The standard InChI is InChI=1S/C22H18FN3O3S/c1-14-2-7-18(23)21(10-14)30(28,29)17-5-3-15(4-6-17)12-25-22(27)20-11-16-13-24-9-8-19(16)26-20/h2-11,13,26H,12H2,1H3,(H,25,27). The van der Waals surface area contributed by atoms with Crippen molar-refractivity contribution in [2.75, 3.05) is 0 Å². The number of carbonyl (C=O) groups excluding carboxylic acids is 1. The number of aromatic nitrogens is 2. The first-order chi connectivity index (χ1) is 14.3. The van der Waals surface area contributed by atoms with Gasteiger partial charge >= 0.3 is 0 Å². The summed E-state index contributed by atoms with van der Waals surface area (Å²) in [5.41, 5.74) is 2.59. The molecule has 152 valence electrons. The highest BCUT2D eigenvalue weighted by atomic mass is 32.2. The van der Waals surface area contributed by atoms with Crippen LogP contribution in [-0.2, 0) is 16.4 Å². The second kappa shape index (κ2) is 7.72. The number of rotatable bonds is 5. The average molecular weight is 423 g/mol. The summed E-state index contributed by atoms with van der Waals surface area (Å²) in [4.78, 5) is 19.0. The van der Waals surface area contributed by atoms with Crippen molar-refractivity contribution >= 4 is 26.6 Å². The van der Waals surface area contributed by atoms with Crippen LogP contribution in [0.15, 0.2) is 76.8 Å². The van der Waals surface area contributed by atoms with Gasteiger partial charge in [0.2, 0.25) is 9.84 Å².